The van der Waals surface area contributed by atoms with Gasteiger partial charge in [0.25, 0.3) is 0 Å². The van der Waals surface area contributed by atoms with Gasteiger partial charge in [0.2, 0.25) is 0 Å². The van der Waals surface area contributed by atoms with Crippen LogP contribution in [0, 0.1) is 0 Å². The molecular weight excluding hydrogens is 536 g/mol. The molecule has 3 aromatic carbocycles. The SMILES string of the molecule is O=C(O)c1ccc(C(=O)OC(=O)c2ccc(C(=O)OC(=O)c3ccc(C(=O)O)cc3C(=O)O)cc2)c(C(=O)O)c1. The highest BCUT2D eigenvalue weighted by molar-refractivity contribution is 6.10. The van der Waals surface area contributed by atoms with Gasteiger partial charge in [-0.1, -0.05) is 0 Å². The predicted octanol–water partition coefficient (Wildman–Crippen LogP) is 2.47. The van der Waals surface area contributed by atoms with Crippen molar-refractivity contribution >= 4 is 47.8 Å². The molecule has 0 aliphatic carbocycles. The Labute approximate surface area is 221 Å². The Kier molecular flexibility index (Phi) is 8.14. The Morgan fingerprint density at radius 1 is 0.375 bits per heavy atom. The maximum Gasteiger partial charge on any atom is 0.346 e. The number of benzene rings is 3. The van der Waals surface area contributed by atoms with Gasteiger partial charge in [-0.2, -0.15) is 0 Å². The molecule has 40 heavy (non-hydrogen) atoms. The van der Waals surface area contributed by atoms with Crippen molar-refractivity contribution in [3.8, 4) is 0 Å². The van der Waals surface area contributed by atoms with Gasteiger partial charge >= 0.3 is 47.8 Å². The van der Waals surface area contributed by atoms with E-state index >= 15 is 0 Å². The number of carbonyl (C=O) groups is 8. The normalized spacial score (nSPS) is 10.2. The summed E-state index contributed by atoms with van der Waals surface area (Å²) >= 11 is 0. The van der Waals surface area contributed by atoms with Crippen LogP contribution < -0.4 is 0 Å². The Morgan fingerprint density at radius 2 is 0.675 bits per heavy atom. The van der Waals surface area contributed by atoms with Crippen molar-refractivity contribution in [2.45, 2.75) is 0 Å². The molecule has 3 rings (SSSR count). The molecule has 0 unspecified atom stereocenters. The van der Waals surface area contributed by atoms with Gasteiger partial charge < -0.3 is 29.9 Å². The van der Waals surface area contributed by atoms with Gasteiger partial charge in [-0.3, -0.25) is 0 Å². The molecule has 0 aromatic heterocycles. The number of carbonyl (C=O) groups excluding carboxylic acids is 4. The van der Waals surface area contributed by atoms with Crippen molar-refractivity contribution in [3.05, 3.63) is 105 Å². The fourth-order valence-corrected chi connectivity index (χ4v) is 3.20. The molecule has 3 aromatic rings. The summed E-state index contributed by atoms with van der Waals surface area (Å²) < 4.78 is 9.28. The van der Waals surface area contributed by atoms with Crippen LogP contribution in [0.25, 0.3) is 0 Å². The second kappa shape index (κ2) is 11.5. The average Bonchev–Trinajstić information content (AvgIpc) is 2.91. The molecule has 0 saturated heterocycles. The molecule has 14 heteroatoms. The molecule has 0 atom stereocenters. The van der Waals surface area contributed by atoms with Gasteiger partial charge in [0, 0.05) is 0 Å². The third kappa shape index (κ3) is 6.20. The predicted molar refractivity (Wildman–Crippen MR) is 127 cm³/mol. The smallest absolute Gasteiger partial charge is 0.346 e. The Bertz CT molecular complexity index is 1490. The van der Waals surface area contributed by atoms with Gasteiger partial charge in [-0.05, 0) is 60.7 Å². The second-order valence-electron chi connectivity index (χ2n) is 7.67. The molecule has 4 N–H and O–H groups in total. The first-order valence-electron chi connectivity index (χ1n) is 10.6. The van der Waals surface area contributed by atoms with Crippen LogP contribution in [0.3, 0.4) is 0 Å². The number of ether oxygens (including phenoxy) is 2. The van der Waals surface area contributed by atoms with Crippen LogP contribution in [0.2, 0.25) is 0 Å². The van der Waals surface area contributed by atoms with Gasteiger partial charge in [0.1, 0.15) is 0 Å². The van der Waals surface area contributed by atoms with E-state index in [1.807, 2.05) is 0 Å². The van der Waals surface area contributed by atoms with Crippen LogP contribution in [0.5, 0.6) is 0 Å². The third-order valence-electron chi connectivity index (χ3n) is 5.16. The molecule has 0 bridgehead atoms. The lowest BCUT2D eigenvalue weighted by molar-refractivity contribution is 0.0374. The van der Waals surface area contributed by atoms with Crippen LogP contribution >= 0.6 is 0 Å². The zero-order valence-electron chi connectivity index (χ0n) is 19.6. The van der Waals surface area contributed by atoms with Crippen LogP contribution in [-0.2, 0) is 9.47 Å². The molecule has 0 radical (unpaired) electrons. The van der Waals surface area contributed by atoms with Crippen LogP contribution in [0.1, 0.15) is 82.9 Å². The molecule has 0 fully saturated rings. The van der Waals surface area contributed by atoms with Gasteiger partial charge in [0.05, 0.1) is 44.5 Å². The summed E-state index contributed by atoms with van der Waals surface area (Å²) in [6, 6.07) is 9.07. The van der Waals surface area contributed by atoms with Crippen molar-refractivity contribution in [2.75, 3.05) is 0 Å². The monoisotopic (exact) mass is 550 g/mol. The van der Waals surface area contributed by atoms with E-state index in [2.05, 4.69) is 9.47 Å². The Morgan fingerprint density at radius 3 is 0.950 bits per heavy atom. The fraction of sp³-hybridized carbons (Fsp3) is 0. The van der Waals surface area contributed by atoms with Crippen molar-refractivity contribution in [2.24, 2.45) is 0 Å². The minimum Gasteiger partial charge on any atom is -0.478 e. The summed E-state index contributed by atoms with van der Waals surface area (Å²) in [7, 11) is 0. The molecule has 0 heterocycles. The standard InChI is InChI=1S/C26H14O14/c27-19(28)13-5-7-15(17(9-13)21(31)32)25(37)39-23(35)11-1-2-12(4-3-11)24(36)40-26(38)16-8-6-14(20(29)30)10-18(16)22(33)34/h1-10H,(H,27,28)(H,29,30)(H,31,32)(H,33,34). The highest BCUT2D eigenvalue weighted by atomic mass is 16.6. The number of carboxylic acids is 4. The van der Waals surface area contributed by atoms with Crippen molar-refractivity contribution < 1.29 is 68.3 Å². The molecule has 0 amide bonds. The van der Waals surface area contributed by atoms with Gasteiger partial charge in [-0.25, -0.2) is 38.4 Å². The van der Waals surface area contributed by atoms with E-state index in [4.69, 9.17) is 10.2 Å². The van der Waals surface area contributed by atoms with Crippen molar-refractivity contribution in [1.29, 1.82) is 0 Å². The third-order valence-corrected chi connectivity index (χ3v) is 5.16. The minimum absolute atomic E-state index is 0.285. The quantitative estimate of drug-likeness (QED) is 0.233. The lowest BCUT2D eigenvalue weighted by Gasteiger charge is -2.08. The summed E-state index contributed by atoms with van der Waals surface area (Å²) in [5.74, 6) is -11.5. The fourth-order valence-electron chi connectivity index (χ4n) is 3.20. The molecule has 0 aliphatic rings. The summed E-state index contributed by atoms with van der Waals surface area (Å²) in [6.45, 7) is 0. The number of aromatic carboxylic acids is 4. The van der Waals surface area contributed by atoms with Gasteiger partial charge in [-0.15, -0.1) is 0 Å². The summed E-state index contributed by atoms with van der Waals surface area (Å²) in [5, 5.41) is 36.5. The topological polar surface area (TPSA) is 236 Å². The number of rotatable bonds is 8. The first-order valence-corrected chi connectivity index (χ1v) is 10.6. The largest absolute Gasteiger partial charge is 0.478 e. The number of esters is 4. The van der Waals surface area contributed by atoms with Crippen LogP contribution in [-0.4, -0.2) is 68.2 Å². The molecule has 0 spiro atoms. The van der Waals surface area contributed by atoms with Crippen LogP contribution in [0.4, 0.5) is 0 Å². The van der Waals surface area contributed by atoms with Gasteiger partial charge in [0.15, 0.2) is 0 Å². The van der Waals surface area contributed by atoms with E-state index in [-0.39, 0.29) is 11.1 Å². The minimum atomic E-state index is -1.65. The van der Waals surface area contributed by atoms with Crippen LogP contribution in [0.15, 0.2) is 60.7 Å². The van der Waals surface area contributed by atoms with E-state index in [9.17, 15) is 48.6 Å². The molecule has 14 nitrogen and oxygen atoms in total. The highest BCUT2D eigenvalue weighted by Gasteiger charge is 2.25. The van der Waals surface area contributed by atoms with Crippen molar-refractivity contribution in [3.63, 3.8) is 0 Å². The molecule has 202 valence electrons. The maximum atomic E-state index is 12.4. The summed E-state index contributed by atoms with van der Waals surface area (Å²) in [6.07, 6.45) is 0. The second-order valence-corrected chi connectivity index (χ2v) is 7.67. The Hall–Kier alpha value is -6.18. The molecular formula is C26H14O14. The average molecular weight is 550 g/mol. The maximum absolute atomic E-state index is 12.4. The van der Waals surface area contributed by atoms with E-state index in [0.717, 1.165) is 48.5 Å². The lowest BCUT2D eigenvalue weighted by atomic mass is 10.0. The zero-order chi connectivity index (χ0) is 29.7. The number of hydrogen-bond acceptors (Lipinski definition) is 10. The highest BCUT2D eigenvalue weighted by Crippen LogP contribution is 2.18. The van der Waals surface area contributed by atoms with E-state index in [0.29, 0.717) is 12.1 Å². The first-order chi connectivity index (χ1) is 18.8. The first kappa shape index (κ1) is 28.4. The Balaban J connectivity index is 1.73. The van der Waals surface area contributed by atoms with Crippen molar-refractivity contribution in [1.82, 2.24) is 0 Å². The zero-order valence-corrected chi connectivity index (χ0v) is 19.6. The summed E-state index contributed by atoms with van der Waals surface area (Å²) in [5.41, 5.74) is -4.03. The van der Waals surface area contributed by atoms with E-state index in [1.54, 1.807) is 0 Å². The number of hydrogen-bond donors (Lipinski definition) is 4. The lowest BCUT2D eigenvalue weighted by Crippen LogP contribution is -2.18. The van der Waals surface area contributed by atoms with E-state index in [1.165, 1.54) is 0 Å². The molecule has 0 aliphatic heterocycles. The summed E-state index contributed by atoms with van der Waals surface area (Å²) in [4.78, 5) is 94.3. The number of carboxylic acid groups (broad SMARTS) is 4. The molecule has 0 saturated carbocycles. The van der Waals surface area contributed by atoms with E-state index < -0.39 is 81.1 Å².